The molecule has 2 aromatic carbocycles. The van der Waals surface area contributed by atoms with Gasteiger partial charge in [-0.1, -0.05) is 24.3 Å². The Bertz CT molecular complexity index is 1200. The molecular weight excluding hydrogens is 418 g/mol. The Kier molecular flexibility index (Phi) is 5.65. The number of hydrogen-bond acceptors (Lipinski definition) is 5. The van der Waals surface area contributed by atoms with Crippen molar-refractivity contribution in [3.05, 3.63) is 53.1 Å². The van der Waals surface area contributed by atoms with Crippen molar-refractivity contribution < 1.29 is 13.2 Å². The van der Waals surface area contributed by atoms with Gasteiger partial charge in [0.25, 0.3) is 5.91 Å². The fraction of sp³-hybridized carbons (Fsp3) is 0.364. The molecule has 1 fully saturated rings. The van der Waals surface area contributed by atoms with Crippen LogP contribution >= 0.6 is 11.3 Å². The molecule has 0 spiro atoms. The predicted octanol–water partition coefficient (Wildman–Crippen LogP) is 4.59. The lowest BCUT2D eigenvalue weighted by atomic mass is 10.0. The standard InChI is InChI=1S/C22H25N3O3S2/c1-14-5-4-12-25(13-14)30(27,28)18-9-7-17(8-10-18)21(26)24-22-23-20-16(3)15(2)6-11-19(20)29-22/h6-11,14H,4-5,12-13H2,1-3H3,(H,23,24,26)/t14-/m1/s1. The topological polar surface area (TPSA) is 79.4 Å². The molecule has 1 atom stereocenters. The molecule has 4 rings (SSSR count). The van der Waals surface area contributed by atoms with Crippen molar-refractivity contribution in [3.63, 3.8) is 0 Å². The van der Waals surface area contributed by atoms with Crippen molar-refractivity contribution in [1.82, 2.24) is 9.29 Å². The van der Waals surface area contributed by atoms with Crippen molar-refractivity contribution in [2.75, 3.05) is 18.4 Å². The Hall–Kier alpha value is -2.29. The zero-order chi connectivity index (χ0) is 21.5. The van der Waals surface area contributed by atoms with Gasteiger partial charge in [0.15, 0.2) is 5.13 Å². The maximum Gasteiger partial charge on any atom is 0.257 e. The quantitative estimate of drug-likeness (QED) is 0.640. The first-order valence-electron chi connectivity index (χ1n) is 10.0. The lowest BCUT2D eigenvalue weighted by Crippen LogP contribution is -2.39. The number of thiazole rings is 1. The lowest BCUT2D eigenvalue weighted by molar-refractivity contribution is 0.102. The maximum absolute atomic E-state index is 12.9. The highest BCUT2D eigenvalue weighted by molar-refractivity contribution is 7.89. The number of amides is 1. The van der Waals surface area contributed by atoms with Crippen LogP contribution in [0.25, 0.3) is 10.2 Å². The Morgan fingerprint density at radius 2 is 1.90 bits per heavy atom. The van der Waals surface area contributed by atoms with Crippen molar-refractivity contribution in [3.8, 4) is 0 Å². The highest BCUT2D eigenvalue weighted by Gasteiger charge is 2.28. The van der Waals surface area contributed by atoms with Crippen molar-refractivity contribution in [2.45, 2.75) is 38.5 Å². The molecule has 1 aromatic heterocycles. The number of anilines is 1. The molecule has 0 aliphatic carbocycles. The molecule has 1 N–H and O–H groups in total. The number of carbonyl (C=O) groups excluding carboxylic acids is 1. The molecule has 0 saturated carbocycles. The van der Waals surface area contributed by atoms with Gasteiger partial charge in [0.05, 0.1) is 15.1 Å². The summed E-state index contributed by atoms with van der Waals surface area (Å²) in [6.45, 7) is 7.21. The molecule has 2 heterocycles. The van der Waals surface area contributed by atoms with Crippen LogP contribution in [0, 0.1) is 19.8 Å². The number of fused-ring (bicyclic) bond motifs is 1. The van der Waals surface area contributed by atoms with E-state index in [1.54, 1.807) is 16.4 Å². The zero-order valence-electron chi connectivity index (χ0n) is 17.3. The third-order valence-electron chi connectivity index (χ3n) is 5.68. The summed E-state index contributed by atoms with van der Waals surface area (Å²) in [7, 11) is -3.53. The first-order valence-corrected chi connectivity index (χ1v) is 12.3. The van der Waals surface area contributed by atoms with Gasteiger partial charge in [0, 0.05) is 18.7 Å². The van der Waals surface area contributed by atoms with Gasteiger partial charge in [0.1, 0.15) is 0 Å². The summed E-state index contributed by atoms with van der Waals surface area (Å²) in [5, 5.41) is 3.36. The second-order valence-electron chi connectivity index (χ2n) is 7.96. The van der Waals surface area contributed by atoms with Gasteiger partial charge >= 0.3 is 0 Å². The second-order valence-corrected chi connectivity index (χ2v) is 10.9. The molecule has 1 amide bonds. The number of aryl methyl sites for hydroxylation is 2. The van der Waals surface area contributed by atoms with Gasteiger partial charge in [-0.05, 0) is 74.1 Å². The molecule has 158 valence electrons. The molecule has 3 aromatic rings. The van der Waals surface area contributed by atoms with Crippen LogP contribution in [0.4, 0.5) is 5.13 Å². The normalized spacial score (nSPS) is 17.9. The van der Waals surface area contributed by atoms with E-state index in [0.717, 1.165) is 34.2 Å². The fourth-order valence-electron chi connectivity index (χ4n) is 3.74. The highest BCUT2D eigenvalue weighted by atomic mass is 32.2. The summed E-state index contributed by atoms with van der Waals surface area (Å²) in [5.74, 6) is 0.0544. The van der Waals surface area contributed by atoms with Crippen LogP contribution in [0.2, 0.25) is 0 Å². The van der Waals surface area contributed by atoms with E-state index >= 15 is 0 Å². The van der Waals surface area contributed by atoms with Crippen LogP contribution in [0.15, 0.2) is 41.3 Å². The number of hydrogen-bond donors (Lipinski definition) is 1. The van der Waals surface area contributed by atoms with Crippen LogP contribution in [0.1, 0.15) is 41.3 Å². The smallest absolute Gasteiger partial charge is 0.257 e. The molecule has 1 saturated heterocycles. The molecular formula is C22H25N3O3S2. The largest absolute Gasteiger partial charge is 0.298 e. The van der Waals surface area contributed by atoms with Crippen LogP contribution in [0.3, 0.4) is 0 Å². The molecule has 6 nitrogen and oxygen atoms in total. The summed E-state index contributed by atoms with van der Waals surface area (Å²) in [4.78, 5) is 17.4. The van der Waals surface area contributed by atoms with E-state index in [0.29, 0.717) is 29.7 Å². The molecule has 8 heteroatoms. The average Bonchev–Trinajstić information content (AvgIpc) is 3.14. The number of nitrogens with one attached hydrogen (secondary N) is 1. The van der Waals surface area contributed by atoms with E-state index in [2.05, 4.69) is 17.2 Å². The van der Waals surface area contributed by atoms with E-state index in [9.17, 15) is 13.2 Å². The first-order chi connectivity index (χ1) is 14.3. The summed E-state index contributed by atoms with van der Waals surface area (Å²) in [6, 6.07) is 10.2. The van der Waals surface area contributed by atoms with E-state index in [1.807, 2.05) is 26.0 Å². The minimum Gasteiger partial charge on any atom is -0.298 e. The minimum absolute atomic E-state index is 0.222. The van der Waals surface area contributed by atoms with Gasteiger partial charge in [-0.2, -0.15) is 4.31 Å². The predicted molar refractivity (Wildman–Crippen MR) is 121 cm³/mol. The third-order valence-corrected chi connectivity index (χ3v) is 8.49. The van der Waals surface area contributed by atoms with Crippen molar-refractivity contribution in [2.24, 2.45) is 5.92 Å². The number of rotatable bonds is 4. The van der Waals surface area contributed by atoms with E-state index in [-0.39, 0.29) is 10.8 Å². The summed E-state index contributed by atoms with van der Waals surface area (Å²) in [5.41, 5.74) is 3.55. The van der Waals surface area contributed by atoms with E-state index in [1.165, 1.54) is 23.5 Å². The number of piperidine rings is 1. The Labute approximate surface area is 181 Å². The fourth-order valence-corrected chi connectivity index (χ4v) is 6.26. The monoisotopic (exact) mass is 443 g/mol. The van der Waals surface area contributed by atoms with Crippen LogP contribution in [-0.2, 0) is 10.0 Å². The molecule has 0 bridgehead atoms. The molecule has 30 heavy (non-hydrogen) atoms. The third kappa shape index (κ3) is 3.99. The number of aromatic nitrogens is 1. The average molecular weight is 444 g/mol. The van der Waals surface area contributed by atoms with Gasteiger partial charge in [-0.3, -0.25) is 10.1 Å². The van der Waals surface area contributed by atoms with Gasteiger partial charge < -0.3 is 0 Å². The zero-order valence-corrected chi connectivity index (χ0v) is 18.9. The maximum atomic E-state index is 12.9. The van der Waals surface area contributed by atoms with E-state index < -0.39 is 10.0 Å². The van der Waals surface area contributed by atoms with Gasteiger partial charge in [-0.25, -0.2) is 13.4 Å². The summed E-state index contributed by atoms with van der Waals surface area (Å²) in [6.07, 6.45) is 1.93. The van der Waals surface area contributed by atoms with Crippen LogP contribution in [0.5, 0.6) is 0 Å². The SMILES string of the molecule is Cc1ccc2sc(NC(=O)c3ccc(S(=O)(=O)N4CCC[C@@H](C)C4)cc3)nc2c1C. The lowest BCUT2D eigenvalue weighted by Gasteiger charge is -2.30. The van der Waals surface area contributed by atoms with Crippen molar-refractivity contribution >= 4 is 42.6 Å². The summed E-state index contributed by atoms with van der Waals surface area (Å²) >= 11 is 1.42. The van der Waals surface area contributed by atoms with Gasteiger partial charge in [0.2, 0.25) is 10.0 Å². The highest BCUT2D eigenvalue weighted by Crippen LogP contribution is 2.30. The number of benzene rings is 2. The Morgan fingerprint density at radius 3 is 2.60 bits per heavy atom. The molecule has 1 aliphatic heterocycles. The number of carbonyl (C=O) groups is 1. The van der Waals surface area contributed by atoms with Crippen LogP contribution < -0.4 is 5.32 Å². The Morgan fingerprint density at radius 1 is 1.17 bits per heavy atom. The first kappa shape index (κ1) is 21.0. The van der Waals surface area contributed by atoms with E-state index in [4.69, 9.17) is 0 Å². The molecule has 0 radical (unpaired) electrons. The Balaban J connectivity index is 1.51. The summed E-state index contributed by atoms with van der Waals surface area (Å²) < 4.78 is 28.3. The number of sulfonamides is 1. The number of nitrogens with zero attached hydrogens (tertiary/aromatic N) is 2. The van der Waals surface area contributed by atoms with Gasteiger partial charge in [-0.15, -0.1) is 0 Å². The molecule has 0 unspecified atom stereocenters. The van der Waals surface area contributed by atoms with Crippen LogP contribution in [-0.4, -0.2) is 36.7 Å². The van der Waals surface area contributed by atoms with Crippen molar-refractivity contribution in [1.29, 1.82) is 0 Å². The minimum atomic E-state index is -3.53. The molecule has 1 aliphatic rings. The second kappa shape index (κ2) is 8.09.